The fraction of sp³-hybridized carbons (Fsp3) is 0.0556. The van der Waals surface area contributed by atoms with Gasteiger partial charge in [0, 0.05) is 36.3 Å². The summed E-state index contributed by atoms with van der Waals surface area (Å²) in [6.07, 6.45) is 5.13. The monoisotopic (exact) mass is 307 g/mol. The van der Waals surface area contributed by atoms with E-state index in [0.717, 1.165) is 16.8 Å². The zero-order chi connectivity index (χ0) is 16.1. The molecule has 0 spiro atoms. The summed E-state index contributed by atoms with van der Waals surface area (Å²) in [7, 11) is 0. The van der Waals surface area contributed by atoms with E-state index in [2.05, 4.69) is 15.3 Å². The molecule has 1 amide bonds. The van der Waals surface area contributed by atoms with Crippen molar-refractivity contribution in [2.24, 2.45) is 0 Å². The minimum Gasteiger partial charge on any atom is -0.348 e. The molecule has 0 aliphatic carbocycles. The minimum atomic E-state index is -0.368. The number of rotatable bonds is 4. The maximum Gasteiger partial charge on any atom is 0.251 e. The van der Waals surface area contributed by atoms with Crippen LogP contribution in [0.4, 0.5) is 4.39 Å². The fourth-order valence-electron chi connectivity index (χ4n) is 2.22. The van der Waals surface area contributed by atoms with Gasteiger partial charge in [-0.3, -0.25) is 14.8 Å². The van der Waals surface area contributed by atoms with Crippen LogP contribution < -0.4 is 5.32 Å². The number of nitrogens with one attached hydrogen (secondary N) is 1. The van der Waals surface area contributed by atoms with Gasteiger partial charge in [0.2, 0.25) is 0 Å². The van der Waals surface area contributed by atoms with Crippen LogP contribution in [0.3, 0.4) is 0 Å². The van der Waals surface area contributed by atoms with Gasteiger partial charge in [0.25, 0.3) is 5.91 Å². The molecule has 23 heavy (non-hydrogen) atoms. The van der Waals surface area contributed by atoms with E-state index in [-0.39, 0.29) is 11.7 Å². The number of hydrogen-bond donors (Lipinski definition) is 1. The Balaban J connectivity index is 1.76. The van der Waals surface area contributed by atoms with Crippen molar-refractivity contribution >= 4 is 5.91 Å². The summed E-state index contributed by atoms with van der Waals surface area (Å²) in [4.78, 5) is 20.6. The molecule has 0 aliphatic heterocycles. The highest BCUT2D eigenvalue weighted by molar-refractivity contribution is 5.94. The first-order valence-corrected chi connectivity index (χ1v) is 7.12. The normalized spacial score (nSPS) is 10.3. The molecule has 0 saturated carbocycles. The molecule has 2 aromatic heterocycles. The van der Waals surface area contributed by atoms with Gasteiger partial charge in [-0.15, -0.1) is 0 Å². The predicted octanol–water partition coefficient (Wildman–Crippen LogP) is 3.21. The summed E-state index contributed by atoms with van der Waals surface area (Å²) in [6, 6.07) is 12.9. The van der Waals surface area contributed by atoms with Gasteiger partial charge in [-0.25, -0.2) is 4.39 Å². The van der Waals surface area contributed by atoms with E-state index in [1.54, 1.807) is 18.6 Å². The molecule has 114 valence electrons. The van der Waals surface area contributed by atoms with Gasteiger partial charge in [-0.2, -0.15) is 0 Å². The summed E-state index contributed by atoms with van der Waals surface area (Å²) in [5.41, 5.74) is 2.97. The second-order valence-corrected chi connectivity index (χ2v) is 4.94. The van der Waals surface area contributed by atoms with Gasteiger partial charge < -0.3 is 5.32 Å². The number of carbonyl (C=O) groups excluding carboxylic acids is 1. The fourth-order valence-corrected chi connectivity index (χ4v) is 2.22. The van der Waals surface area contributed by atoms with Crippen LogP contribution in [0, 0.1) is 5.82 Å². The Bertz CT molecular complexity index is 804. The Morgan fingerprint density at radius 3 is 2.57 bits per heavy atom. The largest absolute Gasteiger partial charge is 0.348 e. The highest BCUT2D eigenvalue weighted by Gasteiger charge is 2.09. The Morgan fingerprint density at radius 1 is 1.04 bits per heavy atom. The molecule has 5 heteroatoms. The average molecular weight is 307 g/mol. The lowest BCUT2D eigenvalue weighted by Crippen LogP contribution is -2.23. The highest BCUT2D eigenvalue weighted by Crippen LogP contribution is 2.19. The zero-order valence-electron chi connectivity index (χ0n) is 12.2. The number of carbonyl (C=O) groups is 1. The average Bonchev–Trinajstić information content (AvgIpc) is 2.61. The lowest BCUT2D eigenvalue weighted by molar-refractivity contribution is 0.0951. The van der Waals surface area contributed by atoms with Crippen LogP contribution in [0.25, 0.3) is 11.3 Å². The van der Waals surface area contributed by atoms with Crippen LogP contribution >= 0.6 is 0 Å². The molecule has 1 N–H and O–H groups in total. The SMILES string of the molecule is O=C(NCc1cccnc1-c1cccnc1)c1ccc(F)cc1. The molecule has 0 bridgehead atoms. The molecule has 0 aliphatic rings. The van der Waals surface area contributed by atoms with Crippen LogP contribution in [0.15, 0.2) is 67.1 Å². The number of benzene rings is 1. The third-order valence-corrected chi connectivity index (χ3v) is 3.37. The van der Waals surface area contributed by atoms with Crippen LogP contribution in [0.1, 0.15) is 15.9 Å². The molecule has 0 atom stereocenters. The van der Waals surface area contributed by atoms with Crippen molar-refractivity contribution in [2.45, 2.75) is 6.54 Å². The Kier molecular flexibility index (Phi) is 4.38. The molecule has 0 radical (unpaired) electrons. The summed E-state index contributed by atoms with van der Waals surface area (Å²) >= 11 is 0. The first-order chi connectivity index (χ1) is 11.2. The molecule has 0 unspecified atom stereocenters. The van der Waals surface area contributed by atoms with Crippen molar-refractivity contribution in [2.75, 3.05) is 0 Å². The smallest absolute Gasteiger partial charge is 0.251 e. The number of nitrogens with zero attached hydrogens (tertiary/aromatic N) is 2. The first-order valence-electron chi connectivity index (χ1n) is 7.12. The lowest BCUT2D eigenvalue weighted by atomic mass is 10.1. The molecule has 3 aromatic rings. The molecular weight excluding hydrogens is 293 g/mol. The van der Waals surface area contributed by atoms with Crippen molar-refractivity contribution < 1.29 is 9.18 Å². The van der Waals surface area contributed by atoms with Crippen LogP contribution in [-0.2, 0) is 6.54 Å². The van der Waals surface area contributed by atoms with Gasteiger partial charge in [0.15, 0.2) is 0 Å². The van der Waals surface area contributed by atoms with E-state index in [0.29, 0.717) is 12.1 Å². The van der Waals surface area contributed by atoms with E-state index in [4.69, 9.17) is 0 Å². The summed E-state index contributed by atoms with van der Waals surface area (Å²) in [5.74, 6) is -0.626. The number of amides is 1. The van der Waals surface area contributed by atoms with Gasteiger partial charge in [-0.1, -0.05) is 6.07 Å². The van der Waals surface area contributed by atoms with E-state index in [1.807, 2.05) is 24.3 Å². The third kappa shape index (κ3) is 3.58. The molecular formula is C18H14FN3O. The molecule has 3 rings (SSSR count). The minimum absolute atomic E-state index is 0.258. The molecule has 1 aromatic carbocycles. The van der Waals surface area contributed by atoms with Crippen molar-refractivity contribution in [3.05, 3.63) is 84.1 Å². The second kappa shape index (κ2) is 6.79. The summed E-state index contributed by atoms with van der Waals surface area (Å²) in [6.45, 7) is 0.328. The highest BCUT2D eigenvalue weighted by atomic mass is 19.1. The molecule has 0 fully saturated rings. The Labute approximate surface area is 133 Å². The van der Waals surface area contributed by atoms with E-state index in [9.17, 15) is 9.18 Å². The molecule has 2 heterocycles. The Morgan fingerprint density at radius 2 is 1.83 bits per heavy atom. The maximum absolute atomic E-state index is 12.9. The van der Waals surface area contributed by atoms with Crippen LogP contribution in [-0.4, -0.2) is 15.9 Å². The number of hydrogen-bond acceptors (Lipinski definition) is 3. The van der Waals surface area contributed by atoms with E-state index in [1.165, 1.54) is 24.3 Å². The van der Waals surface area contributed by atoms with Gasteiger partial charge in [-0.05, 0) is 48.0 Å². The zero-order valence-corrected chi connectivity index (χ0v) is 12.2. The summed E-state index contributed by atoms with van der Waals surface area (Å²) < 4.78 is 12.9. The number of aromatic nitrogens is 2. The quantitative estimate of drug-likeness (QED) is 0.805. The molecule has 0 saturated heterocycles. The maximum atomic E-state index is 12.9. The van der Waals surface area contributed by atoms with E-state index >= 15 is 0 Å². The second-order valence-electron chi connectivity index (χ2n) is 4.94. The first kappa shape index (κ1) is 14.8. The molecule has 4 nitrogen and oxygen atoms in total. The van der Waals surface area contributed by atoms with Crippen molar-refractivity contribution in [1.82, 2.24) is 15.3 Å². The predicted molar refractivity (Wildman–Crippen MR) is 85.0 cm³/mol. The van der Waals surface area contributed by atoms with Crippen LogP contribution in [0.5, 0.6) is 0 Å². The van der Waals surface area contributed by atoms with Gasteiger partial charge in [0.1, 0.15) is 5.82 Å². The lowest BCUT2D eigenvalue weighted by Gasteiger charge is -2.10. The van der Waals surface area contributed by atoms with Gasteiger partial charge in [0.05, 0.1) is 5.69 Å². The Hall–Kier alpha value is -3.08. The van der Waals surface area contributed by atoms with Crippen molar-refractivity contribution in [3.63, 3.8) is 0 Å². The topological polar surface area (TPSA) is 54.9 Å². The number of pyridine rings is 2. The standard InChI is InChI=1S/C18H14FN3O/c19-16-7-5-13(6-8-16)18(23)22-12-15-4-2-10-21-17(15)14-3-1-9-20-11-14/h1-11H,12H2,(H,22,23). The van der Waals surface area contributed by atoms with Gasteiger partial charge >= 0.3 is 0 Å². The third-order valence-electron chi connectivity index (χ3n) is 3.37. The number of halogens is 1. The van der Waals surface area contributed by atoms with Crippen molar-refractivity contribution in [1.29, 1.82) is 0 Å². The van der Waals surface area contributed by atoms with Crippen molar-refractivity contribution in [3.8, 4) is 11.3 Å². The summed E-state index contributed by atoms with van der Waals surface area (Å²) in [5, 5.41) is 2.82. The van der Waals surface area contributed by atoms with Crippen LogP contribution in [0.2, 0.25) is 0 Å². The van der Waals surface area contributed by atoms with E-state index < -0.39 is 0 Å².